The van der Waals surface area contributed by atoms with Gasteiger partial charge >= 0.3 is 6.18 Å². The third-order valence-electron chi connectivity index (χ3n) is 8.28. The lowest BCUT2D eigenvalue weighted by atomic mass is 10.1. The molecule has 0 atom stereocenters. The van der Waals surface area contributed by atoms with E-state index in [4.69, 9.17) is 9.47 Å². The summed E-state index contributed by atoms with van der Waals surface area (Å²) in [5.41, 5.74) is 2.28. The van der Waals surface area contributed by atoms with E-state index in [0.29, 0.717) is 30.2 Å². The fraction of sp³-hybridized carbons (Fsp3) is 0.270. The third kappa shape index (κ3) is 8.03. The number of nitrogens with one attached hydrogen (secondary N) is 1. The molecule has 1 fully saturated rings. The first-order valence-corrected chi connectivity index (χ1v) is 15.9. The number of rotatable bonds is 9. The summed E-state index contributed by atoms with van der Waals surface area (Å²) in [6.45, 7) is 7.66. The van der Waals surface area contributed by atoms with Crippen LogP contribution in [0.25, 0.3) is 10.9 Å². The van der Waals surface area contributed by atoms with Crippen molar-refractivity contribution in [2.75, 3.05) is 31.5 Å². The molecule has 1 saturated heterocycles. The van der Waals surface area contributed by atoms with Crippen molar-refractivity contribution in [2.45, 2.75) is 32.7 Å². The van der Waals surface area contributed by atoms with Gasteiger partial charge in [0.25, 0.3) is 11.8 Å². The molecule has 0 unspecified atom stereocenters. The molecule has 2 aromatic heterocycles. The molecule has 1 aliphatic rings. The van der Waals surface area contributed by atoms with E-state index in [-0.39, 0.29) is 23.5 Å². The van der Waals surface area contributed by atoms with Crippen molar-refractivity contribution < 1.29 is 32.2 Å². The number of aryl methyl sites for hydroxylation is 1. The van der Waals surface area contributed by atoms with Gasteiger partial charge in [0.15, 0.2) is 0 Å². The molecule has 2 amide bonds. The summed E-state index contributed by atoms with van der Waals surface area (Å²) in [6, 6.07) is 22.7. The Morgan fingerprint density at radius 1 is 0.878 bits per heavy atom. The van der Waals surface area contributed by atoms with Crippen molar-refractivity contribution in [2.24, 2.45) is 7.05 Å². The van der Waals surface area contributed by atoms with Crippen LogP contribution < -0.4 is 14.8 Å². The molecule has 1 aliphatic heterocycles. The van der Waals surface area contributed by atoms with Crippen LogP contribution in [0.1, 0.15) is 45.8 Å². The quantitative estimate of drug-likeness (QED) is 0.176. The summed E-state index contributed by atoms with van der Waals surface area (Å²) in [5, 5.41) is 3.45. The van der Waals surface area contributed by atoms with Crippen LogP contribution in [-0.4, -0.2) is 63.4 Å². The van der Waals surface area contributed by atoms with Gasteiger partial charge in [-0.3, -0.25) is 14.5 Å². The van der Waals surface area contributed by atoms with Crippen molar-refractivity contribution in [3.8, 4) is 17.4 Å². The summed E-state index contributed by atoms with van der Waals surface area (Å²) in [5.74, 6) is 1.07. The number of aromatic nitrogens is 2. The van der Waals surface area contributed by atoms with Gasteiger partial charge < -0.3 is 24.3 Å². The molecular formula is C37H36F3N5O4. The Kier molecular flexibility index (Phi) is 9.59. The van der Waals surface area contributed by atoms with E-state index in [2.05, 4.69) is 27.3 Å². The summed E-state index contributed by atoms with van der Waals surface area (Å²) < 4.78 is 52.0. The number of piperazine rings is 1. The molecule has 9 nitrogen and oxygen atoms in total. The molecule has 3 aromatic carbocycles. The van der Waals surface area contributed by atoms with Gasteiger partial charge in [0.05, 0.1) is 23.6 Å². The number of hydrogen-bond donors (Lipinski definition) is 1. The second-order valence-electron chi connectivity index (χ2n) is 12.2. The lowest BCUT2D eigenvalue weighted by molar-refractivity contribution is -0.137. The molecular weight excluding hydrogens is 635 g/mol. The largest absolute Gasteiger partial charge is 0.491 e. The van der Waals surface area contributed by atoms with Crippen molar-refractivity contribution in [1.29, 1.82) is 0 Å². The molecule has 254 valence electrons. The van der Waals surface area contributed by atoms with Gasteiger partial charge in [-0.2, -0.15) is 13.2 Å². The number of carbonyl (C=O) groups excluding carboxylic acids is 2. The Hall–Kier alpha value is -5.36. The van der Waals surface area contributed by atoms with E-state index >= 15 is 0 Å². The number of nitrogens with zero attached hydrogens (tertiary/aromatic N) is 4. The number of alkyl halides is 3. The number of fused-ring (bicyclic) bond motifs is 1. The summed E-state index contributed by atoms with van der Waals surface area (Å²) >= 11 is 0. The van der Waals surface area contributed by atoms with Gasteiger partial charge in [-0.15, -0.1) is 0 Å². The molecule has 6 rings (SSSR count). The van der Waals surface area contributed by atoms with Crippen LogP contribution in [0.2, 0.25) is 0 Å². The monoisotopic (exact) mass is 671 g/mol. The van der Waals surface area contributed by atoms with Crippen LogP contribution in [0.5, 0.6) is 17.4 Å². The zero-order chi connectivity index (χ0) is 34.7. The van der Waals surface area contributed by atoms with Crippen LogP contribution >= 0.6 is 0 Å². The van der Waals surface area contributed by atoms with E-state index in [9.17, 15) is 22.8 Å². The normalized spacial score (nSPS) is 13.9. The van der Waals surface area contributed by atoms with Gasteiger partial charge in [-0.1, -0.05) is 12.1 Å². The molecule has 0 saturated carbocycles. The number of benzene rings is 3. The summed E-state index contributed by atoms with van der Waals surface area (Å²) in [6.07, 6.45) is -2.95. The summed E-state index contributed by atoms with van der Waals surface area (Å²) in [4.78, 5) is 34.5. The van der Waals surface area contributed by atoms with Crippen molar-refractivity contribution in [3.63, 3.8) is 0 Å². The van der Waals surface area contributed by atoms with Crippen molar-refractivity contribution in [3.05, 3.63) is 114 Å². The molecule has 0 bridgehead atoms. The second-order valence-corrected chi connectivity index (χ2v) is 12.2. The number of hydrogen-bond acceptors (Lipinski definition) is 6. The fourth-order valence-electron chi connectivity index (χ4n) is 5.72. The average Bonchev–Trinajstić information content (AvgIpc) is 3.41. The highest BCUT2D eigenvalue weighted by molar-refractivity contribution is 6.04. The smallest absolute Gasteiger partial charge is 0.416 e. The maximum absolute atomic E-state index is 13.6. The number of halogens is 3. The molecule has 0 aliphatic carbocycles. The van der Waals surface area contributed by atoms with Crippen molar-refractivity contribution in [1.82, 2.24) is 19.4 Å². The number of amides is 2. The Bertz CT molecular complexity index is 1930. The lowest BCUT2D eigenvalue weighted by Gasteiger charge is -2.34. The molecule has 49 heavy (non-hydrogen) atoms. The Balaban J connectivity index is 1.04. The number of ether oxygens (including phenoxy) is 2. The minimum Gasteiger partial charge on any atom is -0.491 e. The van der Waals surface area contributed by atoms with Gasteiger partial charge in [0.2, 0.25) is 5.88 Å². The molecule has 0 spiro atoms. The zero-order valence-electron chi connectivity index (χ0n) is 27.3. The van der Waals surface area contributed by atoms with Crippen LogP contribution in [0.15, 0.2) is 91.1 Å². The molecule has 1 N–H and O–H groups in total. The van der Waals surface area contributed by atoms with Crippen molar-refractivity contribution >= 4 is 28.4 Å². The Morgan fingerprint density at radius 3 is 2.20 bits per heavy atom. The van der Waals surface area contributed by atoms with Gasteiger partial charge in [-0.25, -0.2) is 4.98 Å². The van der Waals surface area contributed by atoms with E-state index in [1.165, 1.54) is 11.8 Å². The lowest BCUT2D eigenvalue weighted by Crippen LogP contribution is -2.48. The van der Waals surface area contributed by atoms with Gasteiger partial charge in [0.1, 0.15) is 17.2 Å². The third-order valence-corrected chi connectivity index (χ3v) is 8.28. The maximum atomic E-state index is 13.6. The number of pyridine rings is 1. The topological polar surface area (TPSA) is 88.9 Å². The standard InChI is InChI=1S/C37H36F3N5O4/c1-24(2)48-30-11-4-25(5-12-30)23-44-16-18-45(19-17-44)36(47)33-21-27-20-31(13-14-32(27)43(33)3)49-34-15-10-29(22-41-34)42-35(46)26-6-8-28(9-7-26)37(38,39)40/h4-15,20-22,24H,16-19,23H2,1-3H3,(H,42,46). The average molecular weight is 672 g/mol. The highest BCUT2D eigenvalue weighted by Gasteiger charge is 2.30. The van der Waals surface area contributed by atoms with Crippen LogP contribution in [0, 0.1) is 0 Å². The van der Waals surface area contributed by atoms with Gasteiger partial charge in [0, 0.05) is 62.3 Å². The maximum Gasteiger partial charge on any atom is 0.416 e. The van der Waals surface area contributed by atoms with Crippen LogP contribution in [0.3, 0.4) is 0 Å². The highest BCUT2D eigenvalue weighted by Crippen LogP contribution is 2.30. The van der Waals surface area contributed by atoms with E-state index in [0.717, 1.165) is 60.6 Å². The molecule has 3 heterocycles. The predicted octanol–water partition coefficient (Wildman–Crippen LogP) is 7.38. The first-order chi connectivity index (χ1) is 23.4. The fourth-order valence-corrected chi connectivity index (χ4v) is 5.72. The minimum atomic E-state index is -4.48. The van der Waals surface area contributed by atoms with E-state index in [1.807, 2.05) is 60.7 Å². The predicted molar refractivity (Wildman–Crippen MR) is 180 cm³/mol. The molecule has 0 radical (unpaired) electrons. The second kappa shape index (κ2) is 14.0. The van der Waals surface area contributed by atoms with Crippen LogP contribution in [-0.2, 0) is 19.8 Å². The molecule has 12 heteroatoms. The van der Waals surface area contributed by atoms with Gasteiger partial charge in [-0.05, 0) is 86.1 Å². The Morgan fingerprint density at radius 2 is 1.57 bits per heavy atom. The SMILES string of the molecule is CC(C)Oc1ccc(CN2CCN(C(=O)c3cc4cc(Oc5ccc(NC(=O)c6ccc(C(F)(F)F)cc6)cn5)ccc4n3C)CC2)cc1. The first kappa shape index (κ1) is 33.5. The Labute approximate surface area is 281 Å². The van der Waals surface area contributed by atoms with E-state index < -0.39 is 17.6 Å². The van der Waals surface area contributed by atoms with Crippen LogP contribution in [0.4, 0.5) is 18.9 Å². The number of carbonyl (C=O) groups is 2. The first-order valence-electron chi connectivity index (χ1n) is 15.9. The zero-order valence-corrected chi connectivity index (χ0v) is 27.3. The van der Waals surface area contributed by atoms with E-state index in [1.54, 1.807) is 18.2 Å². The summed E-state index contributed by atoms with van der Waals surface area (Å²) in [7, 11) is 1.87. The highest BCUT2D eigenvalue weighted by atomic mass is 19.4. The number of anilines is 1. The molecule has 5 aromatic rings. The minimum absolute atomic E-state index is 0.0217.